The molecular formula is C24H21N5O3S2. The Hall–Kier alpha value is -3.50. The second-order valence-electron chi connectivity index (χ2n) is 7.96. The van der Waals surface area contributed by atoms with E-state index in [1.807, 2.05) is 29.8 Å². The highest BCUT2D eigenvalue weighted by atomic mass is 32.2. The fraction of sp³-hybridized carbons (Fsp3) is 0.208. The van der Waals surface area contributed by atoms with Gasteiger partial charge in [0.25, 0.3) is 11.5 Å². The SMILES string of the molecule is Cc1ccc2nc(CCCn3ccnc3)c(C=C3SC(=S)N(Cc4ccco4)C3=O)c(=O)n2c1. The molecule has 4 aromatic heterocycles. The first-order valence-corrected chi connectivity index (χ1v) is 12.0. The van der Waals surface area contributed by atoms with Gasteiger partial charge in [-0.25, -0.2) is 9.97 Å². The summed E-state index contributed by atoms with van der Waals surface area (Å²) in [5, 5.41) is 0. The van der Waals surface area contributed by atoms with Crippen LogP contribution in [-0.4, -0.2) is 34.1 Å². The Balaban J connectivity index is 1.50. The van der Waals surface area contributed by atoms with Crippen molar-refractivity contribution in [3.8, 4) is 0 Å². The molecule has 0 bridgehead atoms. The van der Waals surface area contributed by atoms with Gasteiger partial charge in [-0.3, -0.25) is 18.9 Å². The van der Waals surface area contributed by atoms with E-state index in [1.54, 1.807) is 43.2 Å². The van der Waals surface area contributed by atoms with Gasteiger partial charge in [0.1, 0.15) is 15.7 Å². The van der Waals surface area contributed by atoms with E-state index in [9.17, 15) is 9.59 Å². The summed E-state index contributed by atoms with van der Waals surface area (Å²) in [5.41, 5.74) is 2.39. The number of fused-ring (bicyclic) bond motifs is 1. The van der Waals surface area contributed by atoms with Crippen LogP contribution >= 0.6 is 24.0 Å². The van der Waals surface area contributed by atoms with Crippen molar-refractivity contribution in [3.63, 3.8) is 0 Å². The van der Waals surface area contributed by atoms with Gasteiger partial charge in [0, 0.05) is 25.1 Å². The molecule has 4 aromatic rings. The topological polar surface area (TPSA) is 85.6 Å². The quantitative estimate of drug-likeness (QED) is 0.287. The summed E-state index contributed by atoms with van der Waals surface area (Å²) >= 11 is 6.62. The van der Waals surface area contributed by atoms with Crippen LogP contribution in [-0.2, 0) is 24.3 Å². The Kier molecular flexibility index (Phi) is 6.16. The molecule has 0 spiro atoms. The molecule has 1 aliphatic rings. The maximum absolute atomic E-state index is 13.5. The summed E-state index contributed by atoms with van der Waals surface area (Å²) in [5.74, 6) is 0.394. The third kappa shape index (κ3) is 4.46. The predicted molar refractivity (Wildman–Crippen MR) is 134 cm³/mol. The van der Waals surface area contributed by atoms with Gasteiger partial charge in [0.05, 0.1) is 35.3 Å². The molecule has 10 heteroatoms. The van der Waals surface area contributed by atoms with Crippen LogP contribution < -0.4 is 5.56 Å². The second kappa shape index (κ2) is 9.40. The zero-order valence-corrected chi connectivity index (χ0v) is 20.0. The molecule has 1 amide bonds. The fourth-order valence-corrected chi connectivity index (χ4v) is 5.05. The number of carbonyl (C=O) groups is 1. The average Bonchev–Trinajstić information content (AvgIpc) is 3.57. The summed E-state index contributed by atoms with van der Waals surface area (Å²) in [6.07, 6.45) is 11.7. The molecule has 0 aliphatic carbocycles. The third-order valence-electron chi connectivity index (χ3n) is 5.52. The van der Waals surface area contributed by atoms with Crippen LogP contribution in [0.15, 0.2) is 69.6 Å². The number of thiocarbonyl (C=S) groups is 1. The number of amides is 1. The number of aromatic nitrogens is 4. The van der Waals surface area contributed by atoms with Crippen LogP contribution in [0.25, 0.3) is 11.7 Å². The zero-order chi connectivity index (χ0) is 23.7. The molecule has 1 fully saturated rings. The molecule has 0 unspecified atom stereocenters. The Bertz CT molecular complexity index is 1460. The summed E-state index contributed by atoms with van der Waals surface area (Å²) < 4.78 is 9.31. The van der Waals surface area contributed by atoms with E-state index in [4.69, 9.17) is 21.6 Å². The van der Waals surface area contributed by atoms with E-state index in [-0.39, 0.29) is 18.0 Å². The summed E-state index contributed by atoms with van der Waals surface area (Å²) in [6, 6.07) is 7.32. The first kappa shape index (κ1) is 22.3. The van der Waals surface area contributed by atoms with Crippen molar-refractivity contribution in [2.75, 3.05) is 0 Å². The predicted octanol–water partition coefficient (Wildman–Crippen LogP) is 3.83. The van der Waals surface area contributed by atoms with Gasteiger partial charge in [-0.05, 0) is 49.6 Å². The summed E-state index contributed by atoms with van der Waals surface area (Å²) in [4.78, 5) is 37.3. The average molecular weight is 492 g/mol. The largest absolute Gasteiger partial charge is 0.467 e. The van der Waals surface area contributed by atoms with Gasteiger partial charge in [-0.2, -0.15) is 0 Å². The number of imidazole rings is 1. The normalized spacial score (nSPS) is 15.2. The molecule has 5 heterocycles. The van der Waals surface area contributed by atoms with Crippen LogP contribution in [0.4, 0.5) is 0 Å². The van der Waals surface area contributed by atoms with E-state index in [2.05, 4.69) is 4.98 Å². The number of hydrogen-bond donors (Lipinski definition) is 0. The molecule has 1 aliphatic heterocycles. The maximum Gasteiger partial charge on any atom is 0.266 e. The standard InChI is InChI=1S/C24H21N5O3S2/c1-16-6-7-21-26-19(5-2-9-27-10-8-25-15-27)18(22(30)28(21)13-16)12-20-23(31)29(24(33)34-20)14-17-4-3-11-32-17/h3-4,6-8,10-13,15H,2,5,9,14H2,1H3. The van der Waals surface area contributed by atoms with E-state index in [0.29, 0.717) is 38.3 Å². The minimum absolute atomic E-state index is 0.206. The van der Waals surface area contributed by atoms with Crippen molar-refractivity contribution in [1.29, 1.82) is 0 Å². The van der Waals surface area contributed by atoms with Gasteiger partial charge in [-0.15, -0.1) is 0 Å². The molecule has 0 aromatic carbocycles. The molecular weight excluding hydrogens is 470 g/mol. The van der Waals surface area contributed by atoms with Gasteiger partial charge < -0.3 is 8.98 Å². The molecule has 0 radical (unpaired) electrons. The Morgan fingerprint density at radius 3 is 2.88 bits per heavy atom. The number of furan rings is 1. The van der Waals surface area contributed by atoms with Gasteiger partial charge >= 0.3 is 0 Å². The number of nitrogens with zero attached hydrogens (tertiary/aromatic N) is 5. The smallest absolute Gasteiger partial charge is 0.266 e. The lowest BCUT2D eigenvalue weighted by Gasteiger charge is -2.12. The molecule has 0 N–H and O–H groups in total. The molecule has 5 rings (SSSR count). The van der Waals surface area contributed by atoms with Crippen LogP contribution in [0, 0.1) is 6.92 Å². The monoisotopic (exact) mass is 491 g/mol. The van der Waals surface area contributed by atoms with Crippen molar-refractivity contribution < 1.29 is 9.21 Å². The second-order valence-corrected chi connectivity index (χ2v) is 9.64. The van der Waals surface area contributed by atoms with Crippen molar-refractivity contribution >= 4 is 45.9 Å². The fourth-order valence-electron chi connectivity index (χ4n) is 3.81. The Morgan fingerprint density at radius 1 is 1.24 bits per heavy atom. The number of hydrogen-bond acceptors (Lipinski definition) is 7. The van der Waals surface area contributed by atoms with Crippen molar-refractivity contribution in [2.45, 2.75) is 32.9 Å². The lowest BCUT2D eigenvalue weighted by atomic mass is 10.1. The molecule has 34 heavy (non-hydrogen) atoms. The van der Waals surface area contributed by atoms with E-state index in [1.165, 1.54) is 21.1 Å². The number of aryl methyl sites for hydroxylation is 3. The minimum Gasteiger partial charge on any atom is -0.467 e. The van der Waals surface area contributed by atoms with Gasteiger partial charge in [-0.1, -0.05) is 30.0 Å². The summed E-state index contributed by atoms with van der Waals surface area (Å²) in [6.45, 7) is 2.92. The number of thioether (sulfide) groups is 1. The molecule has 8 nitrogen and oxygen atoms in total. The highest BCUT2D eigenvalue weighted by Gasteiger charge is 2.33. The van der Waals surface area contributed by atoms with E-state index >= 15 is 0 Å². The first-order valence-electron chi connectivity index (χ1n) is 10.7. The highest BCUT2D eigenvalue weighted by Crippen LogP contribution is 2.33. The van der Waals surface area contributed by atoms with Crippen molar-refractivity contribution in [3.05, 3.63) is 93.3 Å². The molecule has 1 saturated heterocycles. The van der Waals surface area contributed by atoms with Gasteiger partial charge in [0.15, 0.2) is 0 Å². The highest BCUT2D eigenvalue weighted by molar-refractivity contribution is 8.26. The van der Waals surface area contributed by atoms with Crippen LogP contribution in [0.2, 0.25) is 0 Å². The zero-order valence-electron chi connectivity index (χ0n) is 18.4. The third-order valence-corrected chi connectivity index (χ3v) is 6.89. The lowest BCUT2D eigenvalue weighted by Crippen LogP contribution is -2.27. The molecule has 0 atom stereocenters. The number of pyridine rings is 1. The van der Waals surface area contributed by atoms with Crippen LogP contribution in [0.5, 0.6) is 0 Å². The lowest BCUT2D eigenvalue weighted by molar-refractivity contribution is -0.122. The maximum atomic E-state index is 13.5. The number of rotatable bonds is 7. The molecule has 0 saturated carbocycles. The summed E-state index contributed by atoms with van der Waals surface area (Å²) in [7, 11) is 0. The minimum atomic E-state index is -0.246. The molecule has 172 valence electrons. The van der Waals surface area contributed by atoms with Crippen LogP contribution in [0.1, 0.15) is 29.0 Å². The first-order chi connectivity index (χ1) is 16.5. The Labute approximate surface area is 204 Å². The Morgan fingerprint density at radius 2 is 2.12 bits per heavy atom. The number of carbonyl (C=O) groups excluding carboxylic acids is 1. The van der Waals surface area contributed by atoms with Crippen molar-refractivity contribution in [1.82, 2.24) is 23.8 Å². The van der Waals surface area contributed by atoms with Gasteiger partial charge in [0.2, 0.25) is 0 Å². The van der Waals surface area contributed by atoms with Crippen LogP contribution in [0.3, 0.4) is 0 Å². The van der Waals surface area contributed by atoms with Crippen molar-refractivity contribution in [2.24, 2.45) is 0 Å². The van der Waals surface area contributed by atoms with E-state index in [0.717, 1.165) is 18.5 Å². The van der Waals surface area contributed by atoms with E-state index < -0.39 is 0 Å².